The number of hydrogen-bond donors (Lipinski definition) is 0. The third-order valence-electron chi connectivity index (χ3n) is 3.27. The summed E-state index contributed by atoms with van der Waals surface area (Å²) in [6, 6.07) is 4.18. The number of hydrogen-bond acceptors (Lipinski definition) is 2. The molecule has 0 fully saturated rings. The summed E-state index contributed by atoms with van der Waals surface area (Å²) in [7, 11) is 0. The molecule has 1 aromatic heterocycles. The van der Waals surface area contributed by atoms with Crippen molar-refractivity contribution in [3.8, 4) is 11.4 Å². The molecule has 2 aromatic rings. The lowest BCUT2D eigenvalue weighted by Crippen LogP contribution is -1.96. The molecule has 0 unspecified atom stereocenters. The Bertz CT molecular complexity index is 592. The molecule has 0 radical (unpaired) electrons. The summed E-state index contributed by atoms with van der Waals surface area (Å²) < 4.78 is 12.3. The zero-order valence-corrected chi connectivity index (χ0v) is 12.2. The van der Waals surface area contributed by atoms with Crippen molar-refractivity contribution in [2.24, 2.45) is 0 Å². The Labute approximate surface area is 119 Å². The summed E-state index contributed by atoms with van der Waals surface area (Å²) in [6.07, 6.45) is 7.92. The second kappa shape index (κ2) is 6.42. The van der Waals surface area contributed by atoms with Gasteiger partial charge in [0.1, 0.15) is 0 Å². The molecule has 1 aromatic carbocycles. The van der Waals surface area contributed by atoms with E-state index in [0.29, 0.717) is 12.2 Å². The highest BCUT2D eigenvalue weighted by Crippen LogP contribution is 2.23. The van der Waals surface area contributed by atoms with Crippen LogP contribution in [-0.4, -0.2) is 16.6 Å². The van der Waals surface area contributed by atoms with Crippen LogP contribution in [0, 0.1) is 13.8 Å². The van der Waals surface area contributed by atoms with Gasteiger partial charge in [-0.05, 0) is 55.2 Å². The van der Waals surface area contributed by atoms with Gasteiger partial charge >= 0.3 is 0 Å². The molecule has 0 N–H and O–H groups in total. The van der Waals surface area contributed by atoms with E-state index in [-0.39, 0.29) is 6.67 Å². The molecule has 0 atom stereocenters. The third-order valence-corrected chi connectivity index (χ3v) is 3.27. The maximum Gasteiger partial charge on any atom is 0.159 e. The molecule has 0 spiro atoms. The highest BCUT2D eigenvalue weighted by molar-refractivity contribution is 5.66. The SMILES string of the molecule is CC=Cc1c(C)cc(-c2ncc(CCF)cn2)cc1C. The second-order valence-electron chi connectivity index (χ2n) is 4.88. The number of aryl methyl sites for hydroxylation is 3. The van der Waals surface area contributed by atoms with Crippen molar-refractivity contribution in [2.45, 2.75) is 27.2 Å². The molecule has 2 rings (SSSR count). The first kappa shape index (κ1) is 14.4. The number of halogens is 1. The summed E-state index contributed by atoms with van der Waals surface area (Å²) >= 11 is 0. The molecule has 0 aliphatic rings. The lowest BCUT2D eigenvalue weighted by Gasteiger charge is -2.09. The molecule has 0 amide bonds. The van der Waals surface area contributed by atoms with Crippen molar-refractivity contribution < 1.29 is 4.39 Å². The molecule has 0 aliphatic carbocycles. The Balaban J connectivity index is 2.38. The predicted molar refractivity (Wildman–Crippen MR) is 81.3 cm³/mol. The lowest BCUT2D eigenvalue weighted by atomic mass is 9.98. The summed E-state index contributed by atoms with van der Waals surface area (Å²) in [5, 5.41) is 0. The zero-order chi connectivity index (χ0) is 14.5. The van der Waals surface area contributed by atoms with Crippen LogP contribution in [0.3, 0.4) is 0 Å². The van der Waals surface area contributed by atoms with E-state index in [1.165, 1.54) is 16.7 Å². The van der Waals surface area contributed by atoms with Crippen LogP contribution in [0.5, 0.6) is 0 Å². The van der Waals surface area contributed by atoms with E-state index in [2.05, 4.69) is 42.0 Å². The molecule has 20 heavy (non-hydrogen) atoms. The molecular weight excluding hydrogens is 251 g/mol. The Hall–Kier alpha value is -2.03. The number of allylic oxidation sites excluding steroid dienone is 1. The highest BCUT2D eigenvalue weighted by atomic mass is 19.1. The fraction of sp³-hybridized carbons (Fsp3) is 0.294. The van der Waals surface area contributed by atoms with Crippen LogP contribution in [-0.2, 0) is 6.42 Å². The molecule has 3 heteroatoms. The van der Waals surface area contributed by atoms with Crippen molar-refractivity contribution in [3.05, 3.63) is 52.9 Å². The maximum atomic E-state index is 12.3. The fourth-order valence-corrected chi connectivity index (χ4v) is 2.28. The van der Waals surface area contributed by atoms with E-state index in [0.717, 1.165) is 11.1 Å². The normalized spacial score (nSPS) is 11.2. The van der Waals surface area contributed by atoms with Crippen LogP contribution >= 0.6 is 0 Å². The van der Waals surface area contributed by atoms with Gasteiger partial charge in [0.25, 0.3) is 0 Å². The van der Waals surface area contributed by atoms with Crippen molar-refractivity contribution in [2.75, 3.05) is 6.67 Å². The van der Waals surface area contributed by atoms with E-state index >= 15 is 0 Å². The van der Waals surface area contributed by atoms with Gasteiger partial charge in [-0.3, -0.25) is 4.39 Å². The number of nitrogens with zero attached hydrogens (tertiary/aromatic N) is 2. The Morgan fingerprint density at radius 1 is 1.10 bits per heavy atom. The monoisotopic (exact) mass is 270 g/mol. The quantitative estimate of drug-likeness (QED) is 0.827. The van der Waals surface area contributed by atoms with Crippen molar-refractivity contribution in [1.29, 1.82) is 0 Å². The third kappa shape index (κ3) is 3.10. The molecule has 0 saturated carbocycles. The molecule has 104 valence electrons. The summed E-state index contributed by atoms with van der Waals surface area (Å²) in [5.74, 6) is 0.686. The summed E-state index contributed by atoms with van der Waals surface area (Å²) in [6.45, 7) is 5.81. The summed E-state index contributed by atoms with van der Waals surface area (Å²) in [4.78, 5) is 8.66. The minimum atomic E-state index is -0.376. The number of benzene rings is 1. The van der Waals surface area contributed by atoms with Gasteiger partial charge in [0.05, 0.1) is 6.67 Å². The number of rotatable bonds is 4. The van der Waals surface area contributed by atoms with E-state index in [4.69, 9.17) is 0 Å². The van der Waals surface area contributed by atoms with Crippen molar-refractivity contribution in [3.63, 3.8) is 0 Å². The maximum absolute atomic E-state index is 12.3. The van der Waals surface area contributed by atoms with Crippen LogP contribution in [0.2, 0.25) is 0 Å². The Morgan fingerprint density at radius 3 is 2.20 bits per heavy atom. The van der Waals surface area contributed by atoms with Gasteiger partial charge in [0.15, 0.2) is 5.82 Å². The largest absolute Gasteiger partial charge is 0.251 e. The first-order chi connectivity index (χ1) is 9.65. The average Bonchev–Trinajstić information content (AvgIpc) is 2.44. The molecule has 0 aliphatic heterocycles. The number of aromatic nitrogens is 2. The first-order valence-electron chi connectivity index (χ1n) is 6.77. The molecule has 2 nitrogen and oxygen atoms in total. The van der Waals surface area contributed by atoms with Gasteiger partial charge in [-0.15, -0.1) is 0 Å². The smallest absolute Gasteiger partial charge is 0.159 e. The zero-order valence-electron chi connectivity index (χ0n) is 12.2. The van der Waals surface area contributed by atoms with E-state index in [9.17, 15) is 4.39 Å². The van der Waals surface area contributed by atoms with Crippen LogP contribution in [0.4, 0.5) is 4.39 Å². The lowest BCUT2D eigenvalue weighted by molar-refractivity contribution is 0.494. The van der Waals surface area contributed by atoms with Gasteiger partial charge in [0.2, 0.25) is 0 Å². The minimum absolute atomic E-state index is 0.374. The van der Waals surface area contributed by atoms with Crippen molar-refractivity contribution in [1.82, 2.24) is 9.97 Å². The second-order valence-corrected chi connectivity index (χ2v) is 4.88. The van der Waals surface area contributed by atoms with Gasteiger partial charge in [-0.1, -0.05) is 12.2 Å². The van der Waals surface area contributed by atoms with Gasteiger partial charge in [0, 0.05) is 24.4 Å². The van der Waals surface area contributed by atoms with Crippen LogP contribution < -0.4 is 0 Å². The highest BCUT2D eigenvalue weighted by Gasteiger charge is 2.07. The van der Waals surface area contributed by atoms with Gasteiger partial charge in [-0.25, -0.2) is 9.97 Å². The number of alkyl halides is 1. The Kier molecular flexibility index (Phi) is 4.61. The summed E-state index contributed by atoms with van der Waals surface area (Å²) in [5.41, 5.74) is 5.48. The molecular formula is C17H19FN2. The first-order valence-corrected chi connectivity index (χ1v) is 6.77. The fourth-order valence-electron chi connectivity index (χ4n) is 2.28. The predicted octanol–water partition coefficient (Wildman–Crippen LogP) is 4.31. The van der Waals surface area contributed by atoms with E-state index < -0.39 is 0 Å². The van der Waals surface area contributed by atoms with Gasteiger partial charge < -0.3 is 0 Å². The van der Waals surface area contributed by atoms with Crippen LogP contribution in [0.25, 0.3) is 17.5 Å². The molecule has 0 saturated heterocycles. The van der Waals surface area contributed by atoms with Crippen LogP contribution in [0.15, 0.2) is 30.6 Å². The topological polar surface area (TPSA) is 25.8 Å². The molecule has 1 heterocycles. The minimum Gasteiger partial charge on any atom is -0.251 e. The standard InChI is InChI=1S/C17H19FN2/c1-4-5-16-12(2)8-15(9-13(16)3)17-19-10-14(6-7-18)11-20-17/h4-5,8-11H,6-7H2,1-3H3. The average molecular weight is 270 g/mol. The van der Waals surface area contributed by atoms with E-state index in [1.54, 1.807) is 12.4 Å². The van der Waals surface area contributed by atoms with E-state index in [1.807, 2.05) is 13.0 Å². The van der Waals surface area contributed by atoms with Crippen molar-refractivity contribution >= 4 is 6.08 Å². The van der Waals surface area contributed by atoms with Gasteiger partial charge in [-0.2, -0.15) is 0 Å². The Morgan fingerprint density at radius 2 is 1.70 bits per heavy atom. The molecule has 0 bridgehead atoms. The van der Waals surface area contributed by atoms with Crippen LogP contribution in [0.1, 0.15) is 29.2 Å².